The number of guanidine groups is 1. The summed E-state index contributed by atoms with van der Waals surface area (Å²) in [6, 6.07) is -11.8. The SMILES string of the molecule is C[C@@H](O)[C@H](NC(=O)[C@H](COP(=O)(O)O)NC(=O)[C@H](CC(N)=O)NC(=O)[C@H](CCCN=C(N)N)NC(=O)[C@H](CO)NC(=O)[C@@H](N)CO)C(=O)N1CCC[C@H]1C(=O)NCC=O. The number of likely N-dealkylation sites (tertiary alicyclic amines) is 1. The van der Waals surface area contributed by atoms with Gasteiger partial charge in [-0.15, -0.1) is 0 Å². The number of hydrogen-bond donors (Lipinski definition) is 15. The van der Waals surface area contributed by atoms with E-state index in [0.29, 0.717) is 12.7 Å². The number of phosphoric acid groups is 1. The van der Waals surface area contributed by atoms with Crippen molar-refractivity contribution in [1.82, 2.24) is 36.8 Å². The number of nitrogens with zero attached hydrogens (tertiary/aromatic N) is 2. The van der Waals surface area contributed by atoms with Crippen LogP contribution >= 0.6 is 7.82 Å². The largest absolute Gasteiger partial charge is 0.469 e. The fourth-order valence-corrected chi connectivity index (χ4v) is 5.64. The van der Waals surface area contributed by atoms with Crippen molar-refractivity contribution in [3.63, 3.8) is 0 Å². The Balaban J connectivity index is 3.40. The minimum atomic E-state index is -5.36. The molecular weight excluding hydrogens is 815 g/mol. The number of aliphatic imine (C=N–C) groups is 1. The highest BCUT2D eigenvalue weighted by Crippen LogP contribution is 2.35. The predicted octanol–water partition coefficient (Wildman–Crippen LogP) is -9.55. The Morgan fingerprint density at radius 3 is 1.97 bits per heavy atom. The first-order valence-corrected chi connectivity index (χ1v) is 19.3. The first kappa shape index (κ1) is 51.7. The first-order valence-electron chi connectivity index (χ1n) is 17.8. The predicted molar refractivity (Wildman–Crippen MR) is 199 cm³/mol. The van der Waals surface area contributed by atoms with Crippen LogP contribution < -0.4 is 54.8 Å². The maximum atomic E-state index is 13.6. The molecule has 1 fully saturated rings. The number of rotatable bonds is 26. The van der Waals surface area contributed by atoms with Gasteiger partial charge in [-0.1, -0.05) is 0 Å². The topological polar surface area (TPSA) is 473 Å². The van der Waals surface area contributed by atoms with Gasteiger partial charge in [-0.3, -0.25) is 47.9 Å². The molecule has 0 saturated carbocycles. The molecule has 28 nitrogen and oxygen atoms in total. The lowest BCUT2D eigenvalue weighted by Crippen LogP contribution is -2.62. The van der Waals surface area contributed by atoms with Crippen LogP contribution in [0.4, 0.5) is 0 Å². The fraction of sp³-hybridized carbons (Fsp3) is 0.667. The molecular formula is C30H53N12O16P. The molecule has 1 heterocycles. The summed E-state index contributed by atoms with van der Waals surface area (Å²) in [7, 11) is -5.36. The lowest BCUT2D eigenvalue weighted by atomic mass is 10.1. The van der Waals surface area contributed by atoms with Gasteiger partial charge in [0.15, 0.2) is 5.96 Å². The molecule has 0 aromatic carbocycles. The molecule has 8 amide bonds. The Kier molecular flexibility index (Phi) is 22.1. The highest BCUT2D eigenvalue weighted by molar-refractivity contribution is 7.46. The Morgan fingerprint density at radius 2 is 1.42 bits per heavy atom. The Labute approximate surface area is 336 Å². The molecule has 1 aliphatic heterocycles. The average molecular weight is 869 g/mol. The molecule has 0 spiro atoms. The number of aldehydes is 1. The second kappa shape index (κ2) is 25.2. The summed E-state index contributed by atoms with van der Waals surface area (Å²) in [5, 5.41) is 42.2. The van der Waals surface area contributed by atoms with Gasteiger partial charge in [0.2, 0.25) is 47.3 Å². The number of nitrogens with two attached hydrogens (primary N) is 4. The number of hydrogen-bond acceptors (Lipinski definition) is 16. The summed E-state index contributed by atoms with van der Waals surface area (Å²) in [6.07, 6.45) is -2.05. The van der Waals surface area contributed by atoms with E-state index in [-0.39, 0.29) is 44.9 Å². The van der Waals surface area contributed by atoms with Crippen LogP contribution in [0.15, 0.2) is 4.99 Å². The van der Waals surface area contributed by atoms with Crippen LogP contribution in [-0.2, 0) is 52.2 Å². The van der Waals surface area contributed by atoms with E-state index in [2.05, 4.69) is 36.1 Å². The lowest BCUT2D eigenvalue weighted by molar-refractivity contribution is -0.144. The maximum absolute atomic E-state index is 13.6. The van der Waals surface area contributed by atoms with Gasteiger partial charge in [0.1, 0.15) is 48.6 Å². The highest BCUT2D eigenvalue weighted by Gasteiger charge is 2.41. The average Bonchev–Trinajstić information content (AvgIpc) is 3.66. The molecule has 0 unspecified atom stereocenters. The molecule has 0 aromatic rings. The van der Waals surface area contributed by atoms with Gasteiger partial charge >= 0.3 is 7.82 Å². The summed E-state index contributed by atoms with van der Waals surface area (Å²) in [6.45, 7) is -2.48. The van der Waals surface area contributed by atoms with Gasteiger partial charge in [0.25, 0.3) is 0 Å². The number of aliphatic hydroxyl groups is 3. The molecule has 8 atom stereocenters. The maximum Gasteiger partial charge on any atom is 0.469 e. The van der Waals surface area contributed by atoms with Crippen molar-refractivity contribution >= 4 is 67.3 Å². The number of primary amides is 1. The Morgan fingerprint density at radius 1 is 0.864 bits per heavy atom. The standard InChI is InChI=1S/C30H53N12O16P/c1-14(46)22(29(54)42-8-3-5-20(42)28(53)35-7-9-43)41-27(52)19(13-58-59(55,56)57)40-25(50)17(10-21(32)47)38-24(49)16(4-2-6-36-30(33)34)37-26(51)18(12-45)39-23(48)15(31)11-44/h9,14-20,22,44-46H,2-8,10-13,31H2,1H3,(H2,32,47)(H,35,53)(H,37,51)(H,38,49)(H,39,48)(H,40,50)(H,41,52)(H4,33,34,36)(H2,55,56,57)/t14-,15+,16+,17+,18+,19+,20+,22+/m1/s1. The van der Waals surface area contributed by atoms with Crippen LogP contribution in [0.2, 0.25) is 0 Å². The van der Waals surface area contributed by atoms with Crippen molar-refractivity contribution < 1.29 is 77.3 Å². The van der Waals surface area contributed by atoms with Gasteiger partial charge < -0.3 is 89.6 Å². The van der Waals surface area contributed by atoms with Crippen LogP contribution in [0.5, 0.6) is 0 Å². The molecule has 334 valence electrons. The van der Waals surface area contributed by atoms with Crippen LogP contribution in [0.3, 0.4) is 0 Å². The fourth-order valence-electron chi connectivity index (χ4n) is 5.29. The Bertz CT molecular complexity index is 1590. The van der Waals surface area contributed by atoms with Gasteiger partial charge in [-0.2, -0.15) is 0 Å². The quantitative estimate of drug-likeness (QED) is 0.0126. The van der Waals surface area contributed by atoms with Crippen LogP contribution in [-0.4, -0.2) is 177 Å². The first-order chi connectivity index (χ1) is 27.6. The Hall–Kier alpha value is -5.35. The third-order valence-corrected chi connectivity index (χ3v) is 8.74. The van der Waals surface area contributed by atoms with E-state index in [4.69, 9.17) is 28.0 Å². The van der Waals surface area contributed by atoms with Crippen LogP contribution in [0.25, 0.3) is 0 Å². The van der Waals surface area contributed by atoms with E-state index >= 15 is 0 Å². The lowest BCUT2D eigenvalue weighted by Gasteiger charge is -2.31. The van der Waals surface area contributed by atoms with Gasteiger partial charge in [-0.25, -0.2) is 4.57 Å². The number of nitrogens with one attached hydrogen (secondary N) is 6. The summed E-state index contributed by atoms with van der Waals surface area (Å²) < 4.78 is 16.0. The zero-order chi connectivity index (χ0) is 45.0. The minimum absolute atomic E-state index is 0.00398. The van der Waals surface area contributed by atoms with Crippen molar-refractivity contribution in [2.45, 2.75) is 87.4 Å². The van der Waals surface area contributed by atoms with Crippen molar-refractivity contribution in [2.24, 2.45) is 27.9 Å². The smallest absolute Gasteiger partial charge is 0.394 e. The van der Waals surface area contributed by atoms with E-state index in [1.807, 2.05) is 5.32 Å². The van der Waals surface area contributed by atoms with Gasteiger partial charge in [-0.05, 0) is 32.6 Å². The molecule has 0 radical (unpaired) electrons. The van der Waals surface area contributed by atoms with Gasteiger partial charge in [0.05, 0.1) is 38.9 Å². The highest BCUT2D eigenvalue weighted by atomic mass is 31.2. The zero-order valence-electron chi connectivity index (χ0n) is 31.9. The van der Waals surface area contributed by atoms with E-state index in [1.54, 1.807) is 0 Å². The molecule has 1 saturated heterocycles. The van der Waals surface area contributed by atoms with E-state index < -0.39 is 130 Å². The van der Waals surface area contributed by atoms with Gasteiger partial charge in [0, 0.05) is 13.1 Å². The van der Waals surface area contributed by atoms with Crippen LogP contribution in [0.1, 0.15) is 39.0 Å². The number of carbonyl (C=O) groups is 9. The van der Waals surface area contributed by atoms with Crippen molar-refractivity contribution in [2.75, 3.05) is 39.5 Å². The molecule has 0 bridgehead atoms. The number of phosphoric ester groups is 1. The molecule has 1 aliphatic rings. The number of amides is 8. The van der Waals surface area contributed by atoms with Crippen molar-refractivity contribution in [1.29, 1.82) is 0 Å². The minimum Gasteiger partial charge on any atom is -0.394 e. The summed E-state index contributed by atoms with van der Waals surface area (Å²) >= 11 is 0. The third-order valence-electron chi connectivity index (χ3n) is 8.25. The normalized spacial score (nSPS) is 17.3. The summed E-state index contributed by atoms with van der Waals surface area (Å²) in [5.74, 6) is -9.38. The second-order valence-electron chi connectivity index (χ2n) is 13.0. The second-order valence-corrected chi connectivity index (χ2v) is 14.2. The zero-order valence-corrected chi connectivity index (χ0v) is 32.7. The molecule has 0 aliphatic carbocycles. The molecule has 19 N–H and O–H groups in total. The van der Waals surface area contributed by atoms with Crippen LogP contribution in [0, 0.1) is 0 Å². The van der Waals surface area contributed by atoms with Crippen molar-refractivity contribution in [3.8, 4) is 0 Å². The van der Waals surface area contributed by atoms with Crippen molar-refractivity contribution in [3.05, 3.63) is 0 Å². The molecule has 29 heteroatoms. The van der Waals surface area contributed by atoms with E-state index in [0.717, 1.165) is 11.8 Å². The molecule has 59 heavy (non-hydrogen) atoms. The summed E-state index contributed by atoms with van der Waals surface area (Å²) in [5.41, 5.74) is 21.3. The van der Waals surface area contributed by atoms with E-state index in [9.17, 15) is 67.7 Å². The third kappa shape index (κ3) is 18.4. The molecule has 1 rings (SSSR count). The number of carbonyl (C=O) groups excluding carboxylic acids is 9. The molecule has 0 aromatic heterocycles. The number of aliphatic hydroxyl groups excluding tert-OH is 3. The monoisotopic (exact) mass is 868 g/mol. The van der Waals surface area contributed by atoms with E-state index in [1.165, 1.54) is 0 Å². The summed E-state index contributed by atoms with van der Waals surface area (Å²) in [4.78, 5) is 138.